The molecule has 112 valence electrons. The maximum Gasteiger partial charge on any atom is 0.226 e. The monoisotopic (exact) mass is 290 g/mol. The molecular formula is C16H19FN2O2. The summed E-state index contributed by atoms with van der Waals surface area (Å²) >= 11 is 0. The fourth-order valence-corrected chi connectivity index (χ4v) is 2.53. The van der Waals surface area contributed by atoms with E-state index in [0.717, 1.165) is 18.8 Å². The molecule has 1 aliphatic rings. The van der Waals surface area contributed by atoms with Gasteiger partial charge in [-0.25, -0.2) is 9.37 Å². The average molecular weight is 290 g/mol. The minimum Gasteiger partial charge on any atom is -0.444 e. The first-order valence-electron chi connectivity index (χ1n) is 7.18. The van der Waals surface area contributed by atoms with Gasteiger partial charge < -0.3 is 9.15 Å². The summed E-state index contributed by atoms with van der Waals surface area (Å²) < 4.78 is 24.3. The second-order valence-corrected chi connectivity index (χ2v) is 5.58. The minimum absolute atomic E-state index is 0.232. The molecule has 1 aromatic carbocycles. The van der Waals surface area contributed by atoms with Crippen molar-refractivity contribution >= 4 is 0 Å². The largest absolute Gasteiger partial charge is 0.444 e. The molecule has 2 aromatic rings. The smallest absolute Gasteiger partial charge is 0.226 e. The number of halogens is 1. The Labute approximate surface area is 123 Å². The molecule has 0 amide bonds. The predicted octanol–water partition coefficient (Wildman–Crippen LogP) is 3.09. The van der Waals surface area contributed by atoms with E-state index in [9.17, 15) is 4.39 Å². The van der Waals surface area contributed by atoms with Crippen molar-refractivity contribution in [3.05, 3.63) is 42.0 Å². The lowest BCUT2D eigenvalue weighted by molar-refractivity contribution is -0.0530. The van der Waals surface area contributed by atoms with Gasteiger partial charge in [-0.1, -0.05) is 6.07 Å². The van der Waals surface area contributed by atoms with E-state index in [4.69, 9.17) is 9.15 Å². The van der Waals surface area contributed by atoms with E-state index in [1.807, 2.05) is 0 Å². The van der Waals surface area contributed by atoms with E-state index in [1.54, 1.807) is 18.4 Å². The van der Waals surface area contributed by atoms with Gasteiger partial charge in [-0.15, -0.1) is 0 Å². The number of morpholine rings is 1. The molecule has 1 aromatic heterocycles. The fourth-order valence-electron chi connectivity index (χ4n) is 2.53. The number of hydrogen-bond donors (Lipinski definition) is 0. The number of benzene rings is 1. The molecule has 0 bridgehead atoms. The van der Waals surface area contributed by atoms with Crippen LogP contribution in [-0.2, 0) is 11.3 Å². The standard InChI is InChI=1S/C16H19FN2O2/c1-11-9-20-12(2)7-19(11)8-15-10-21-16(18-15)13-4-3-5-14(17)6-13/h3-6,10-12H,7-9H2,1-2H3/t11-,12+/m0/s1. The van der Waals surface area contributed by atoms with Gasteiger partial charge in [0.15, 0.2) is 0 Å². The minimum atomic E-state index is -0.289. The van der Waals surface area contributed by atoms with Crippen LogP contribution in [0.15, 0.2) is 34.9 Å². The zero-order valence-corrected chi connectivity index (χ0v) is 12.3. The Bertz CT molecular complexity index is 614. The van der Waals surface area contributed by atoms with Crippen LogP contribution in [0.25, 0.3) is 11.5 Å². The molecule has 3 rings (SSSR count). The summed E-state index contributed by atoms with van der Waals surface area (Å²) in [5.41, 5.74) is 1.51. The molecule has 0 spiro atoms. The maximum absolute atomic E-state index is 13.2. The zero-order valence-electron chi connectivity index (χ0n) is 12.3. The number of rotatable bonds is 3. The second kappa shape index (κ2) is 5.95. The molecule has 5 heteroatoms. The highest BCUT2D eigenvalue weighted by atomic mass is 19.1. The molecule has 21 heavy (non-hydrogen) atoms. The quantitative estimate of drug-likeness (QED) is 0.870. The Balaban J connectivity index is 1.73. The number of hydrogen-bond acceptors (Lipinski definition) is 4. The molecule has 2 atom stereocenters. The van der Waals surface area contributed by atoms with Crippen molar-refractivity contribution in [2.45, 2.75) is 32.5 Å². The molecule has 1 saturated heterocycles. The van der Waals surface area contributed by atoms with Crippen molar-refractivity contribution in [1.29, 1.82) is 0 Å². The van der Waals surface area contributed by atoms with Gasteiger partial charge in [-0.05, 0) is 32.0 Å². The summed E-state index contributed by atoms with van der Waals surface area (Å²) in [5, 5.41) is 0. The van der Waals surface area contributed by atoms with E-state index in [-0.39, 0.29) is 11.9 Å². The first kappa shape index (κ1) is 14.2. The predicted molar refractivity (Wildman–Crippen MR) is 77.2 cm³/mol. The molecule has 0 N–H and O–H groups in total. The Morgan fingerprint density at radius 2 is 2.24 bits per heavy atom. The van der Waals surface area contributed by atoms with Crippen molar-refractivity contribution in [3.63, 3.8) is 0 Å². The highest BCUT2D eigenvalue weighted by Crippen LogP contribution is 2.21. The highest BCUT2D eigenvalue weighted by molar-refractivity contribution is 5.52. The number of nitrogens with zero attached hydrogens (tertiary/aromatic N) is 2. The highest BCUT2D eigenvalue weighted by Gasteiger charge is 2.24. The van der Waals surface area contributed by atoms with Gasteiger partial charge in [-0.3, -0.25) is 4.90 Å². The number of oxazole rings is 1. The molecular weight excluding hydrogens is 271 g/mol. The van der Waals surface area contributed by atoms with E-state index >= 15 is 0 Å². The lowest BCUT2D eigenvalue weighted by atomic mass is 10.2. The summed E-state index contributed by atoms with van der Waals surface area (Å²) in [6, 6.07) is 6.63. The normalized spacial score (nSPS) is 23.4. The Hall–Kier alpha value is -1.72. The van der Waals surface area contributed by atoms with Crippen molar-refractivity contribution in [1.82, 2.24) is 9.88 Å². The Morgan fingerprint density at radius 1 is 1.38 bits per heavy atom. The van der Waals surface area contributed by atoms with E-state index in [2.05, 4.69) is 23.7 Å². The molecule has 0 radical (unpaired) electrons. The van der Waals surface area contributed by atoms with Crippen LogP contribution in [0, 0.1) is 5.82 Å². The fraction of sp³-hybridized carbons (Fsp3) is 0.438. The first-order valence-corrected chi connectivity index (χ1v) is 7.18. The third-order valence-corrected chi connectivity index (χ3v) is 3.73. The van der Waals surface area contributed by atoms with Gasteiger partial charge in [0.2, 0.25) is 5.89 Å². The summed E-state index contributed by atoms with van der Waals surface area (Å²) in [5.74, 6) is 0.168. The van der Waals surface area contributed by atoms with Gasteiger partial charge in [-0.2, -0.15) is 0 Å². The van der Waals surface area contributed by atoms with E-state index < -0.39 is 0 Å². The van der Waals surface area contributed by atoms with Crippen LogP contribution >= 0.6 is 0 Å². The van der Waals surface area contributed by atoms with Crippen LogP contribution in [0.5, 0.6) is 0 Å². The van der Waals surface area contributed by atoms with Crippen molar-refractivity contribution in [2.24, 2.45) is 0 Å². The summed E-state index contributed by atoms with van der Waals surface area (Å²) in [6.45, 7) is 6.53. The number of aromatic nitrogens is 1. The van der Waals surface area contributed by atoms with Gasteiger partial charge in [0.25, 0.3) is 0 Å². The zero-order chi connectivity index (χ0) is 14.8. The SMILES string of the molecule is C[C@@H]1CN(Cc2coc(-c3cccc(F)c3)n2)[C@@H](C)CO1. The molecule has 1 fully saturated rings. The second-order valence-electron chi connectivity index (χ2n) is 5.58. The molecule has 2 heterocycles. The van der Waals surface area contributed by atoms with Crippen LogP contribution in [0.3, 0.4) is 0 Å². The van der Waals surface area contributed by atoms with Gasteiger partial charge in [0.1, 0.15) is 12.1 Å². The van der Waals surface area contributed by atoms with Crippen molar-refractivity contribution < 1.29 is 13.5 Å². The lowest BCUT2D eigenvalue weighted by Gasteiger charge is -2.36. The summed E-state index contributed by atoms with van der Waals surface area (Å²) in [6.07, 6.45) is 1.88. The van der Waals surface area contributed by atoms with Gasteiger partial charge >= 0.3 is 0 Å². The lowest BCUT2D eigenvalue weighted by Crippen LogP contribution is -2.46. The third-order valence-electron chi connectivity index (χ3n) is 3.73. The van der Waals surface area contributed by atoms with Gasteiger partial charge in [0, 0.05) is 24.7 Å². The van der Waals surface area contributed by atoms with Crippen LogP contribution in [-0.4, -0.2) is 35.2 Å². The molecule has 0 aliphatic carbocycles. The van der Waals surface area contributed by atoms with Crippen molar-refractivity contribution in [2.75, 3.05) is 13.2 Å². The van der Waals surface area contributed by atoms with E-state index in [0.29, 0.717) is 24.0 Å². The summed E-state index contributed by atoms with van der Waals surface area (Å²) in [4.78, 5) is 6.78. The van der Waals surface area contributed by atoms with Gasteiger partial charge in [0.05, 0.1) is 18.4 Å². The Morgan fingerprint density at radius 3 is 3.05 bits per heavy atom. The molecule has 1 aliphatic heterocycles. The third kappa shape index (κ3) is 3.31. The maximum atomic E-state index is 13.2. The first-order chi connectivity index (χ1) is 10.1. The van der Waals surface area contributed by atoms with Crippen LogP contribution in [0.4, 0.5) is 4.39 Å². The molecule has 0 saturated carbocycles. The topological polar surface area (TPSA) is 38.5 Å². The van der Waals surface area contributed by atoms with E-state index in [1.165, 1.54) is 12.1 Å². The van der Waals surface area contributed by atoms with Crippen LogP contribution < -0.4 is 0 Å². The van der Waals surface area contributed by atoms with Crippen LogP contribution in [0.1, 0.15) is 19.5 Å². The van der Waals surface area contributed by atoms with Crippen LogP contribution in [0.2, 0.25) is 0 Å². The average Bonchev–Trinajstić information content (AvgIpc) is 2.91. The molecule has 4 nitrogen and oxygen atoms in total. The molecule has 0 unspecified atom stereocenters. The van der Waals surface area contributed by atoms with Crippen molar-refractivity contribution in [3.8, 4) is 11.5 Å². The summed E-state index contributed by atoms with van der Waals surface area (Å²) in [7, 11) is 0. The Kier molecular flexibility index (Phi) is 4.03. The number of ether oxygens (including phenoxy) is 1.